The number of thiophene rings is 1. The number of hydrogen-bond donors (Lipinski definition) is 1. The van der Waals surface area contributed by atoms with Gasteiger partial charge in [0.2, 0.25) is 0 Å². The summed E-state index contributed by atoms with van der Waals surface area (Å²) in [5.41, 5.74) is 1.90. The molecule has 112 valence electrons. The van der Waals surface area contributed by atoms with Crippen LogP contribution in [0.5, 0.6) is 5.75 Å². The Morgan fingerprint density at radius 3 is 2.90 bits per heavy atom. The van der Waals surface area contributed by atoms with Crippen molar-refractivity contribution in [3.8, 4) is 5.75 Å². The number of nitrogens with one attached hydrogen (secondary N) is 1. The minimum Gasteiger partial charge on any atom is -0.406 e. The molecule has 1 N–H and O–H groups in total. The van der Waals surface area contributed by atoms with Crippen LogP contribution in [-0.4, -0.2) is 6.36 Å². The number of fused-ring (bicyclic) bond motifs is 1. The van der Waals surface area contributed by atoms with E-state index in [0.717, 1.165) is 19.3 Å². The average molecular weight is 313 g/mol. The van der Waals surface area contributed by atoms with E-state index in [1.807, 2.05) is 0 Å². The molecule has 0 saturated carbocycles. The number of benzene rings is 1. The van der Waals surface area contributed by atoms with Gasteiger partial charge in [-0.3, -0.25) is 0 Å². The molecule has 0 spiro atoms. The lowest BCUT2D eigenvalue weighted by molar-refractivity contribution is -0.274. The molecule has 3 rings (SSSR count). The summed E-state index contributed by atoms with van der Waals surface area (Å²) in [6.07, 6.45) is -1.51. The van der Waals surface area contributed by atoms with Crippen molar-refractivity contribution in [1.29, 1.82) is 0 Å². The highest BCUT2D eigenvalue weighted by Gasteiger charge is 2.31. The van der Waals surface area contributed by atoms with E-state index >= 15 is 0 Å². The summed E-state index contributed by atoms with van der Waals surface area (Å²) in [7, 11) is 0. The van der Waals surface area contributed by atoms with E-state index in [4.69, 9.17) is 0 Å². The summed E-state index contributed by atoms with van der Waals surface area (Å²) >= 11 is 1.74. The SMILES string of the molecule is FC(F)(F)Oc1cccc(NC2CCCc3sccc32)c1. The molecule has 0 bridgehead atoms. The monoisotopic (exact) mass is 313 g/mol. The lowest BCUT2D eigenvalue weighted by Crippen LogP contribution is -2.18. The Kier molecular flexibility index (Phi) is 3.80. The molecule has 1 aromatic heterocycles. The molecule has 0 aliphatic heterocycles. The minimum absolute atomic E-state index is 0.154. The third-order valence-electron chi connectivity index (χ3n) is 3.46. The van der Waals surface area contributed by atoms with E-state index in [0.29, 0.717) is 5.69 Å². The van der Waals surface area contributed by atoms with Crippen LogP contribution < -0.4 is 10.1 Å². The van der Waals surface area contributed by atoms with Gasteiger partial charge in [0.05, 0.1) is 6.04 Å². The van der Waals surface area contributed by atoms with Crippen molar-refractivity contribution in [2.75, 3.05) is 5.32 Å². The molecular weight excluding hydrogens is 299 g/mol. The maximum atomic E-state index is 12.2. The summed E-state index contributed by atoms with van der Waals surface area (Å²) in [6, 6.07) is 8.24. The zero-order valence-corrected chi connectivity index (χ0v) is 11.9. The molecular formula is C15H14F3NOS. The number of aryl methyl sites for hydroxylation is 1. The zero-order valence-electron chi connectivity index (χ0n) is 11.1. The minimum atomic E-state index is -4.66. The van der Waals surface area contributed by atoms with Crippen molar-refractivity contribution < 1.29 is 17.9 Å². The lowest BCUT2D eigenvalue weighted by Gasteiger charge is -2.25. The molecule has 0 radical (unpaired) electrons. The van der Waals surface area contributed by atoms with Crippen LogP contribution in [0.25, 0.3) is 0 Å². The van der Waals surface area contributed by atoms with E-state index in [9.17, 15) is 13.2 Å². The molecule has 6 heteroatoms. The summed E-state index contributed by atoms with van der Waals surface area (Å²) in [4.78, 5) is 1.36. The van der Waals surface area contributed by atoms with Gasteiger partial charge in [0.1, 0.15) is 5.75 Å². The van der Waals surface area contributed by atoms with Gasteiger partial charge in [0.25, 0.3) is 0 Å². The molecule has 1 heterocycles. The van der Waals surface area contributed by atoms with Crippen LogP contribution >= 0.6 is 11.3 Å². The van der Waals surface area contributed by atoms with Crippen LogP contribution in [-0.2, 0) is 6.42 Å². The highest BCUT2D eigenvalue weighted by molar-refractivity contribution is 7.10. The number of hydrogen-bond acceptors (Lipinski definition) is 3. The predicted molar refractivity (Wildman–Crippen MR) is 76.7 cm³/mol. The Labute approximate surface area is 124 Å². The molecule has 0 amide bonds. The molecule has 1 aliphatic carbocycles. The van der Waals surface area contributed by atoms with Gasteiger partial charge < -0.3 is 10.1 Å². The lowest BCUT2D eigenvalue weighted by atomic mass is 9.94. The first-order valence-electron chi connectivity index (χ1n) is 6.70. The standard InChI is InChI=1S/C15H14F3NOS/c16-15(17,18)20-11-4-1-3-10(9-11)19-13-5-2-6-14-12(13)7-8-21-14/h1,3-4,7-9,13,19H,2,5-6H2. The first-order chi connectivity index (χ1) is 10.0. The molecule has 0 fully saturated rings. The van der Waals surface area contributed by atoms with Crippen molar-refractivity contribution in [3.63, 3.8) is 0 Å². The predicted octanol–water partition coefficient (Wildman–Crippen LogP) is 5.14. The maximum Gasteiger partial charge on any atom is 0.573 e. The van der Waals surface area contributed by atoms with Gasteiger partial charge in [-0.15, -0.1) is 24.5 Å². The third-order valence-corrected chi connectivity index (χ3v) is 4.46. The molecule has 1 aliphatic rings. The Balaban J connectivity index is 1.76. The summed E-state index contributed by atoms with van der Waals surface area (Å²) in [6.45, 7) is 0. The van der Waals surface area contributed by atoms with Gasteiger partial charge in [0, 0.05) is 16.6 Å². The van der Waals surface area contributed by atoms with Crippen molar-refractivity contribution in [1.82, 2.24) is 0 Å². The second kappa shape index (κ2) is 5.60. The van der Waals surface area contributed by atoms with Crippen LogP contribution in [0.15, 0.2) is 35.7 Å². The van der Waals surface area contributed by atoms with Crippen LogP contribution in [0.2, 0.25) is 0 Å². The van der Waals surface area contributed by atoms with Crippen molar-refractivity contribution in [2.24, 2.45) is 0 Å². The largest absolute Gasteiger partial charge is 0.573 e. The Bertz CT molecular complexity index is 623. The zero-order chi connectivity index (χ0) is 14.9. The smallest absolute Gasteiger partial charge is 0.406 e. The van der Waals surface area contributed by atoms with Crippen molar-refractivity contribution in [2.45, 2.75) is 31.7 Å². The quantitative estimate of drug-likeness (QED) is 0.847. The Hall–Kier alpha value is -1.69. The highest BCUT2D eigenvalue weighted by atomic mass is 32.1. The van der Waals surface area contributed by atoms with Crippen LogP contribution in [0.1, 0.15) is 29.3 Å². The van der Waals surface area contributed by atoms with Gasteiger partial charge in [-0.2, -0.15) is 0 Å². The molecule has 21 heavy (non-hydrogen) atoms. The van der Waals surface area contributed by atoms with E-state index in [1.165, 1.54) is 22.6 Å². The van der Waals surface area contributed by atoms with E-state index in [1.54, 1.807) is 23.5 Å². The van der Waals surface area contributed by atoms with Crippen molar-refractivity contribution >= 4 is 17.0 Å². The van der Waals surface area contributed by atoms with Gasteiger partial charge in [0.15, 0.2) is 0 Å². The fourth-order valence-corrected chi connectivity index (χ4v) is 3.61. The molecule has 1 aromatic carbocycles. The maximum absolute atomic E-state index is 12.2. The topological polar surface area (TPSA) is 21.3 Å². The van der Waals surface area contributed by atoms with Gasteiger partial charge in [-0.1, -0.05) is 6.07 Å². The van der Waals surface area contributed by atoms with Gasteiger partial charge >= 0.3 is 6.36 Å². The van der Waals surface area contributed by atoms with Crippen LogP contribution in [0.4, 0.5) is 18.9 Å². The Morgan fingerprint density at radius 2 is 2.10 bits per heavy atom. The van der Waals surface area contributed by atoms with Gasteiger partial charge in [-0.05, 0) is 48.4 Å². The highest BCUT2D eigenvalue weighted by Crippen LogP contribution is 2.36. The van der Waals surface area contributed by atoms with E-state index < -0.39 is 6.36 Å². The normalized spacial score (nSPS) is 18.1. The van der Waals surface area contributed by atoms with E-state index in [2.05, 4.69) is 21.5 Å². The summed E-state index contributed by atoms with van der Waals surface area (Å²) in [5.74, 6) is -0.200. The molecule has 0 saturated heterocycles. The van der Waals surface area contributed by atoms with Crippen molar-refractivity contribution in [3.05, 3.63) is 46.2 Å². The third kappa shape index (κ3) is 3.50. The molecule has 1 atom stereocenters. The summed E-state index contributed by atoms with van der Waals surface area (Å²) in [5, 5.41) is 5.37. The van der Waals surface area contributed by atoms with Crippen LogP contribution in [0, 0.1) is 0 Å². The summed E-state index contributed by atoms with van der Waals surface area (Å²) < 4.78 is 40.7. The fraction of sp³-hybridized carbons (Fsp3) is 0.333. The van der Waals surface area contributed by atoms with Crippen LogP contribution in [0.3, 0.4) is 0 Å². The number of anilines is 1. The first kappa shape index (κ1) is 14.3. The van der Waals surface area contributed by atoms with Gasteiger partial charge in [-0.25, -0.2) is 0 Å². The second-order valence-corrected chi connectivity index (χ2v) is 5.96. The number of rotatable bonds is 3. The molecule has 2 aromatic rings. The van der Waals surface area contributed by atoms with E-state index in [-0.39, 0.29) is 11.8 Å². The average Bonchev–Trinajstić information content (AvgIpc) is 2.86. The fourth-order valence-electron chi connectivity index (χ4n) is 2.62. The Morgan fingerprint density at radius 1 is 1.24 bits per heavy atom. The number of halogens is 3. The second-order valence-electron chi connectivity index (χ2n) is 4.96. The number of alkyl halides is 3. The number of ether oxygens (including phenoxy) is 1. The molecule has 2 nitrogen and oxygen atoms in total. The first-order valence-corrected chi connectivity index (χ1v) is 7.58. The molecule has 1 unspecified atom stereocenters.